The van der Waals surface area contributed by atoms with E-state index < -0.39 is 0 Å². The van der Waals surface area contributed by atoms with E-state index >= 15 is 0 Å². The van der Waals surface area contributed by atoms with Crippen LogP contribution in [0.25, 0.3) is 11.4 Å². The third-order valence-corrected chi connectivity index (χ3v) is 4.61. The topological polar surface area (TPSA) is 76.1 Å². The van der Waals surface area contributed by atoms with Crippen LogP contribution in [0.1, 0.15) is 18.3 Å². The molecule has 7 nitrogen and oxygen atoms in total. The van der Waals surface area contributed by atoms with Gasteiger partial charge in [0.25, 0.3) is 0 Å². The molecule has 1 unspecified atom stereocenters. The number of rotatable bonds is 5. The van der Waals surface area contributed by atoms with Crippen LogP contribution in [0.4, 0.5) is 11.6 Å². The zero-order valence-corrected chi connectivity index (χ0v) is 16.2. The lowest BCUT2D eigenvalue weighted by molar-refractivity contribution is 0.0529. The number of hydrogen-bond donors (Lipinski definition) is 1. The van der Waals surface area contributed by atoms with E-state index in [0.717, 1.165) is 48.3 Å². The molecule has 3 aromatic rings. The van der Waals surface area contributed by atoms with Crippen LogP contribution in [0.2, 0.25) is 0 Å². The molecule has 3 aromatic heterocycles. The van der Waals surface area contributed by atoms with Crippen molar-refractivity contribution < 1.29 is 4.74 Å². The predicted molar refractivity (Wildman–Crippen MR) is 109 cm³/mol. The molecule has 1 fully saturated rings. The van der Waals surface area contributed by atoms with Crippen molar-refractivity contribution in [1.29, 1.82) is 0 Å². The Morgan fingerprint density at radius 3 is 2.86 bits per heavy atom. The van der Waals surface area contributed by atoms with Crippen molar-refractivity contribution in [3.05, 3.63) is 60.2 Å². The van der Waals surface area contributed by atoms with Crippen molar-refractivity contribution in [1.82, 2.24) is 19.9 Å². The maximum atomic E-state index is 5.62. The number of aryl methyl sites for hydroxylation is 1. The average Bonchev–Trinajstić information content (AvgIpc) is 2.73. The molecule has 1 N–H and O–H groups in total. The number of anilines is 2. The largest absolute Gasteiger partial charge is 0.375 e. The summed E-state index contributed by atoms with van der Waals surface area (Å²) >= 11 is 0. The van der Waals surface area contributed by atoms with Crippen molar-refractivity contribution in [3.8, 4) is 11.4 Å². The number of pyridine rings is 2. The molecule has 7 heteroatoms. The predicted octanol–water partition coefficient (Wildman–Crippen LogP) is 3.08. The molecule has 28 heavy (non-hydrogen) atoms. The summed E-state index contributed by atoms with van der Waals surface area (Å²) in [5.41, 5.74) is 2.80. The van der Waals surface area contributed by atoms with Gasteiger partial charge in [-0.2, -0.15) is 0 Å². The number of aromatic nitrogens is 4. The minimum Gasteiger partial charge on any atom is -0.375 e. The van der Waals surface area contributed by atoms with Gasteiger partial charge in [0.15, 0.2) is 0 Å². The zero-order valence-electron chi connectivity index (χ0n) is 16.2. The highest BCUT2D eigenvalue weighted by molar-refractivity contribution is 5.58. The monoisotopic (exact) mass is 376 g/mol. The molecule has 0 spiro atoms. The maximum absolute atomic E-state index is 5.62. The molecule has 1 atom stereocenters. The Kier molecular flexibility index (Phi) is 5.43. The van der Waals surface area contributed by atoms with Crippen LogP contribution >= 0.6 is 0 Å². The van der Waals surface area contributed by atoms with Crippen molar-refractivity contribution >= 4 is 11.6 Å². The SMILES string of the molecule is Cc1nc(NCc2ccnc(N3CCOC(C)C3)c2)cc(-c2ccccn2)n1. The van der Waals surface area contributed by atoms with Crippen LogP contribution in [0.5, 0.6) is 0 Å². The maximum Gasteiger partial charge on any atom is 0.130 e. The van der Waals surface area contributed by atoms with Gasteiger partial charge in [-0.25, -0.2) is 15.0 Å². The fourth-order valence-corrected chi connectivity index (χ4v) is 3.27. The molecule has 144 valence electrons. The standard InChI is InChI=1S/C21H24N6O/c1-15-14-27(9-10-28-15)21-11-17(6-8-23-21)13-24-20-12-19(25-16(2)26-20)18-5-3-4-7-22-18/h3-8,11-12,15H,9-10,13-14H2,1-2H3,(H,24,25,26). The van der Waals surface area contributed by atoms with Crippen LogP contribution < -0.4 is 10.2 Å². The minimum absolute atomic E-state index is 0.228. The van der Waals surface area contributed by atoms with Gasteiger partial charge in [-0.15, -0.1) is 0 Å². The Labute approximate surface area is 164 Å². The molecule has 0 aromatic carbocycles. The highest BCUT2D eigenvalue weighted by Gasteiger charge is 2.18. The van der Waals surface area contributed by atoms with E-state index in [0.29, 0.717) is 12.4 Å². The molecular weight excluding hydrogens is 352 g/mol. The van der Waals surface area contributed by atoms with Crippen molar-refractivity contribution in [2.24, 2.45) is 0 Å². The van der Waals surface area contributed by atoms with Gasteiger partial charge in [0, 0.05) is 38.1 Å². The van der Waals surface area contributed by atoms with Crippen LogP contribution in [0.3, 0.4) is 0 Å². The molecule has 0 saturated carbocycles. The van der Waals surface area contributed by atoms with Crippen LogP contribution in [0, 0.1) is 6.92 Å². The summed E-state index contributed by atoms with van der Waals surface area (Å²) in [6, 6.07) is 11.9. The molecule has 1 saturated heterocycles. The normalized spacial score (nSPS) is 16.8. The highest BCUT2D eigenvalue weighted by Crippen LogP contribution is 2.19. The highest BCUT2D eigenvalue weighted by atomic mass is 16.5. The minimum atomic E-state index is 0.228. The first-order valence-corrected chi connectivity index (χ1v) is 9.50. The van der Waals surface area contributed by atoms with Crippen molar-refractivity contribution in [3.63, 3.8) is 0 Å². The molecule has 0 bridgehead atoms. The summed E-state index contributed by atoms with van der Waals surface area (Å²) in [5, 5.41) is 3.40. The van der Waals surface area contributed by atoms with Gasteiger partial charge < -0.3 is 15.0 Å². The fraction of sp³-hybridized carbons (Fsp3) is 0.333. The lowest BCUT2D eigenvalue weighted by atomic mass is 10.2. The average molecular weight is 376 g/mol. The first-order chi connectivity index (χ1) is 13.7. The summed E-state index contributed by atoms with van der Waals surface area (Å²) in [6.45, 7) is 7.11. The third-order valence-electron chi connectivity index (χ3n) is 4.61. The van der Waals surface area contributed by atoms with Gasteiger partial charge in [0.05, 0.1) is 24.1 Å². The zero-order chi connectivity index (χ0) is 19.3. The van der Waals surface area contributed by atoms with E-state index in [1.807, 2.05) is 43.5 Å². The van der Waals surface area contributed by atoms with Gasteiger partial charge in [0.2, 0.25) is 0 Å². The van der Waals surface area contributed by atoms with E-state index in [1.165, 1.54) is 0 Å². The fourth-order valence-electron chi connectivity index (χ4n) is 3.27. The molecule has 4 rings (SSSR count). The first kappa shape index (κ1) is 18.3. The van der Waals surface area contributed by atoms with Gasteiger partial charge in [0.1, 0.15) is 17.5 Å². The first-order valence-electron chi connectivity index (χ1n) is 9.50. The lowest BCUT2D eigenvalue weighted by Gasteiger charge is -2.32. The van der Waals surface area contributed by atoms with Gasteiger partial charge >= 0.3 is 0 Å². The molecule has 0 radical (unpaired) electrons. The van der Waals surface area contributed by atoms with E-state index in [2.05, 4.69) is 43.1 Å². The number of nitrogens with one attached hydrogen (secondary N) is 1. The summed E-state index contributed by atoms with van der Waals surface area (Å²) in [6.07, 6.45) is 3.85. The van der Waals surface area contributed by atoms with E-state index in [9.17, 15) is 0 Å². The second kappa shape index (κ2) is 8.31. The molecule has 0 aliphatic carbocycles. The van der Waals surface area contributed by atoms with E-state index in [-0.39, 0.29) is 6.10 Å². The number of morpholine rings is 1. The van der Waals surface area contributed by atoms with Crippen molar-refractivity contribution in [2.75, 3.05) is 29.9 Å². The smallest absolute Gasteiger partial charge is 0.130 e. The summed E-state index contributed by atoms with van der Waals surface area (Å²) in [5.74, 6) is 2.48. The number of ether oxygens (including phenoxy) is 1. The molecule has 4 heterocycles. The summed E-state index contributed by atoms with van der Waals surface area (Å²) < 4.78 is 5.62. The quantitative estimate of drug-likeness (QED) is 0.733. The lowest BCUT2D eigenvalue weighted by Crippen LogP contribution is -2.41. The van der Waals surface area contributed by atoms with Crippen LogP contribution in [-0.4, -0.2) is 45.7 Å². The second-order valence-electron chi connectivity index (χ2n) is 6.90. The Morgan fingerprint density at radius 1 is 1.11 bits per heavy atom. The molecule has 1 aliphatic rings. The Balaban J connectivity index is 1.47. The number of nitrogens with zero attached hydrogens (tertiary/aromatic N) is 5. The van der Waals surface area contributed by atoms with Crippen molar-refractivity contribution in [2.45, 2.75) is 26.5 Å². The molecule has 1 aliphatic heterocycles. The Bertz CT molecular complexity index is 933. The van der Waals surface area contributed by atoms with Crippen LogP contribution in [-0.2, 0) is 11.3 Å². The van der Waals surface area contributed by atoms with Crippen LogP contribution in [0.15, 0.2) is 48.8 Å². The second-order valence-corrected chi connectivity index (χ2v) is 6.90. The summed E-state index contributed by atoms with van der Waals surface area (Å²) in [7, 11) is 0. The summed E-state index contributed by atoms with van der Waals surface area (Å²) in [4.78, 5) is 20.2. The van der Waals surface area contributed by atoms with Gasteiger partial charge in [-0.05, 0) is 43.7 Å². The Morgan fingerprint density at radius 2 is 2.04 bits per heavy atom. The third kappa shape index (κ3) is 4.43. The van der Waals surface area contributed by atoms with Gasteiger partial charge in [-0.3, -0.25) is 4.98 Å². The Hall–Kier alpha value is -3.06. The molecule has 0 amide bonds. The van der Waals surface area contributed by atoms with Gasteiger partial charge in [-0.1, -0.05) is 6.07 Å². The van der Waals surface area contributed by atoms with E-state index in [4.69, 9.17) is 4.74 Å². The number of hydrogen-bond acceptors (Lipinski definition) is 7. The molecular formula is C21H24N6O. The van der Waals surface area contributed by atoms with E-state index in [1.54, 1.807) is 6.20 Å².